The second kappa shape index (κ2) is 11.8. The number of phenolic OH excluding ortho intramolecular Hbond substituents is 1. The van der Waals surface area contributed by atoms with Gasteiger partial charge in [0.1, 0.15) is 17.5 Å². The van der Waals surface area contributed by atoms with E-state index in [0.29, 0.717) is 38.8 Å². The highest BCUT2D eigenvalue weighted by atomic mass is 127. The number of anilines is 1. The van der Waals surface area contributed by atoms with Crippen molar-refractivity contribution in [1.82, 2.24) is 4.57 Å². The second-order valence-corrected chi connectivity index (χ2v) is 11.3. The number of aromatic hydroxyl groups is 1. The summed E-state index contributed by atoms with van der Waals surface area (Å²) >= 11 is 2.88. The first-order valence-electron chi connectivity index (χ1n) is 12.4. The zero-order chi connectivity index (χ0) is 30.1. The topological polar surface area (TPSA) is 145 Å². The molecule has 1 aromatic heterocycles. The molecule has 0 fully saturated rings. The number of aromatic nitrogens is 1. The summed E-state index contributed by atoms with van der Waals surface area (Å²) in [6, 6.07) is 15.9. The van der Waals surface area contributed by atoms with Crippen LogP contribution >= 0.6 is 33.9 Å². The standard InChI is InChI=1S/C29H23IN4O7S/c1-15-24(27(36)32-17-7-5-4-6-8-17)25(19-10-9-18(40-2)14-22(19)41-3)33-28(37)23(42-29(33)31-15)13-16-11-20(30)26(35)21(12-16)34(38)39/h4-14,25,35H,1-3H3,(H,32,36)/b23-13-/t25-/m0/s1. The van der Waals surface area contributed by atoms with Gasteiger partial charge in [-0.1, -0.05) is 29.5 Å². The first-order chi connectivity index (χ1) is 20.1. The predicted octanol–water partition coefficient (Wildman–Crippen LogP) is 4.11. The van der Waals surface area contributed by atoms with E-state index < -0.39 is 33.9 Å². The van der Waals surface area contributed by atoms with Gasteiger partial charge in [-0.3, -0.25) is 24.3 Å². The molecular weight excluding hydrogens is 675 g/mol. The molecule has 11 nitrogen and oxygen atoms in total. The highest BCUT2D eigenvalue weighted by molar-refractivity contribution is 14.1. The van der Waals surface area contributed by atoms with Crippen LogP contribution in [0.15, 0.2) is 81.7 Å². The summed E-state index contributed by atoms with van der Waals surface area (Å²) in [5, 5.41) is 24.5. The normalized spacial score (nSPS) is 14.7. The van der Waals surface area contributed by atoms with Crippen molar-refractivity contribution in [1.29, 1.82) is 0 Å². The summed E-state index contributed by atoms with van der Waals surface area (Å²) in [5.74, 6) is 0.0405. The zero-order valence-corrected chi connectivity index (χ0v) is 25.4. The Morgan fingerprint density at radius 1 is 1.17 bits per heavy atom. The average Bonchev–Trinajstić information content (AvgIpc) is 3.27. The fourth-order valence-corrected chi connectivity index (χ4v) is 6.33. The van der Waals surface area contributed by atoms with Crippen LogP contribution < -0.4 is 29.7 Å². The molecule has 4 aromatic rings. The van der Waals surface area contributed by atoms with E-state index in [0.717, 1.165) is 11.3 Å². The number of carbonyl (C=O) groups is 1. The van der Waals surface area contributed by atoms with Gasteiger partial charge < -0.3 is 19.9 Å². The van der Waals surface area contributed by atoms with Crippen molar-refractivity contribution in [3.8, 4) is 17.2 Å². The van der Waals surface area contributed by atoms with Gasteiger partial charge in [-0.2, -0.15) is 0 Å². The van der Waals surface area contributed by atoms with E-state index in [9.17, 15) is 24.8 Å². The molecule has 1 atom stereocenters. The van der Waals surface area contributed by atoms with Gasteiger partial charge in [0.15, 0.2) is 4.80 Å². The van der Waals surface area contributed by atoms with Gasteiger partial charge >= 0.3 is 5.69 Å². The Labute approximate surface area is 256 Å². The van der Waals surface area contributed by atoms with Crippen LogP contribution in [0.5, 0.6) is 17.2 Å². The smallest absolute Gasteiger partial charge is 0.312 e. The summed E-state index contributed by atoms with van der Waals surface area (Å²) in [7, 11) is 3.01. The van der Waals surface area contributed by atoms with Crippen molar-refractivity contribution in [2.45, 2.75) is 13.0 Å². The number of nitro benzene ring substituents is 1. The lowest BCUT2D eigenvalue weighted by molar-refractivity contribution is -0.386. The number of methoxy groups -OCH3 is 2. The molecule has 2 heterocycles. The van der Waals surface area contributed by atoms with Crippen molar-refractivity contribution in [2.75, 3.05) is 19.5 Å². The minimum atomic E-state index is -0.915. The van der Waals surface area contributed by atoms with Gasteiger partial charge in [-0.05, 0) is 71.5 Å². The largest absolute Gasteiger partial charge is 0.501 e. The van der Waals surface area contributed by atoms with Crippen molar-refractivity contribution < 1.29 is 24.3 Å². The Morgan fingerprint density at radius 3 is 2.57 bits per heavy atom. The van der Waals surface area contributed by atoms with E-state index in [4.69, 9.17) is 9.47 Å². The number of thiazole rings is 1. The summed E-state index contributed by atoms with van der Waals surface area (Å²) in [4.78, 5) is 43.5. The van der Waals surface area contributed by atoms with Gasteiger partial charge in [0, 0.05) is 23.4 Å². The number of halogens is 1. The third-order valence-electron chi connectivity index (χ3n) is 6.59. The highest BCUT2D eigenvalue weighted by Crippen LogP contribution is 2.38. The summed E-state index contributed by atoms with van der Waals surface area (Å²) in [5.41, 5.74) is 1.19. The number of benzene rings is 3. The number of nitrogens with one attached hydrogen (secondary N) is 1. The Morgan fingerprint density at radius 2 is 1.90 bits per heavy atom. The van der Waals surface area contributed by atoms with E-state index in [1.54, 1.807) is 72.0 Å². The molecule has 214 valence electrons. The maximum absolute atomic E-state index is 14.0. The zero-order valence-electron chi connectivity index (χ0n) is 22.5. The van der Waals surface area contributed by atoms with E-state index in [1.165, 1.54) is 37.0 Å². The fourth-order valence-electron chi connectivity index (χ4n) is 4.65. The van der Waals surface area contributed by atoms with Gasteiger partial charge in [-0.25, -0.2) is 4.99 Å². The lowest BCUT2D eigenvalue weighted by atomic mass is 9.94. The lowest BCUT2D eigenvalue weighted by Gasteiger charge is -2.26. The molecule has 0 saturated carbocycles. The number of phenols is 1. The quantitative estimate of drug-likeness (QED) is 0.168. The van der Waals surface area contributed by atoms with Gasteiger partial charge in [-0.15, -0.1) is 0 Å². The predicted molar refractivity (Wildman–Crippen MR) is 166 cm³/mol. The third-order valence-corrected chi connectivity index (χ3v) is 8.40. The monoisotopic (exact) mass is 698 g/mol. The maximum Gasteiger partial charge on any atom is 0.312 e. The number of fused-ring (bicyclic) bond motifs is 1. The average molecular weight is 698 g/mol. The van der Waals surface area contributed by atoms with Crippen LogP contribution in [-0.4, -0.2) is 34.7 Å². The number of amides is 1. The molecule has 0 aliphatic carbocycles. The molecule has 5 rings (SSSR count). The number of allylic oxidation sites excluding steroid dienone is 1. The Bertz CT molecular complexity index is 1950. The van der Waals surface area contributed by atoms with Crippen LogP contribution in [0.3, 0.4) is 0 Å². The van der Waals surface area contributed by atoms with Gasteiger partial charge in [0.25, 0.3) is 11.5 Å². The van der Waals surface area contributed by atoms with Crippen molar-refractivity contribution in [3.05, 3.63) is 116 Å². The molecule has 2 N–H and O–H groups in total. The van der Waals surface area contributed by atoms with E-state index in [1.807, 2.05) is 6.07 Å². The maximum atomic E-state index is 14.0. The Balaban J connectivity index is 1.73. The number of rotatable bonds is 7. The van der Waals surface area contributed by atoms with E-state index >= 15 is 0 Å². The minimum Gasteiger partial charge on any atom is -0.501 e. The molecule has 0 saturated heterocycles. The molecule has 0 bridgehead atoms. The number of hydrogen-bond donors (Lipinski definition) is 2. The number of nitro groups is 1. The molecule has 0 unspecified atom stereocenters. The first kappa shape index (κ1) is 29.0. The van der Waals surface area contributed by atoms with Crippen molar-refractivity contribution in [2.24, 2.45) is 4.99 Å². The summed E-state index contributed by atoms with van der Waals surface area (Å²) in [6.45, 7) is 1.70. The molecule has 1 aliphatic rings. The van der Waals surface area contributed by atoms with Crippen molar-refractivity contribution >= 4 is 57.3 Å². The fraction of sp³-hybridized carbons (Fsp3) is 0.138. The number of carbonyl (C=O) groups excluding carboxylic acids is 1. The van der Waals surface area contributed by atoms with Crippen LogP contribution in [-0.2, 0) is 4.79 Å². The molecule has 3 aromatic carbocycles. The Hall–Kier alpha value is -4.50. The molecule has 1 aliphatic heterocycles. The van der Waals surface area contributed by atoms with E-state index in [2.05, 4.69) is 10.3 Å². The number of hydrogen-bond acceptors (Lipinski definition) is 9. The Kier molecular flexibility index (Phi) is 8.13. The van der Waals surface area contributed by atoms with Crippen LogP contribution in [0.2, 0.25) is 0 Å². The molecule has 13 heteroatoms. The molecule has 1 amide bonds. The second-order valence-electron chi connectivity index (χ2n) is 9.14. The number of nitrogens with zero attached hydrogens (tertiary/aromatic N) is 3. The SMILES string of the molecule is COc1ccc([C@H]2C(C(=O)Nc3ccccc3)=C(C)N=c3s/c(=C\c4cc(I)c(O)c([N+](=O)[O-])c4)c(=O)n32)c(OC)c1. The minimum absolute atomic E-state index is 0.236. The van der Waals surface area contributed by atoms with E-state index in [-0.39, 0.29) is 13.7 Å². The summed E-state index contributed by atoms with van der Waals surface area (Å²) in [6.07, 6.45) is 1.50. The number of ether oxygens (including phenoxy) is 2. The first-order valence-corrected chi connectivity index (χ1v) is 14.3. The van der Waals surface area contributed by atoms with Crippen LogP contribution in [0.4, 0.5) is 11.4 Å². The molecule has 0 spiro atoms. The third kappa shape index (κ3) is 5.39. The number of para-hydroxylation sites is 1. The van der Waals surface area contributed by atoms with Crippen molar-refractivity contribution in [3.63, 3.8) is 0 Å². The molecule has 42 heavy (non-hydrogen) atoms. The van der Waals surface area contributed by atoms with Crippen LogP contribution in [0.25, 0.3) is 6.08 Å². The van der Waals surface area contributed by atoms with Crippen LogP contribution in [0, 0.1) is 13.7 Å². The highest BCUT2D eigenvalue weighted by Gasteiger charge is 2.34. The molecule has 0 radical (unpaired) electrons. The van der Waals surface area contributed by atoms with Crippen LogP contribution in [0.1, 0.15) is 24.1 Å². The molecular formula is C29H23IN4O7S. The van der Waals surface area contributed by atoms with Gasteiger partial charge in [0.2, 0.25) is 5.75 Å². The van der Waals surface area contributed by atoms with Gasteiger partial charge in [0.05, 0.1) is 38.5 Å². The lowest BCUT2D eigenvalue weighted by Crippen LogP contribution is -2.40. The summed E-state index contributed by atoms with van der Waals surface area (Å²) < 4.78 is 12.9.